The van der Waals surface area contributed by atoms with Crippen LogP contribution in [-0.4, -0.2) is 32.5 Å². The predicted molar refractivity (Wildman–Crippen MR) is 117 cm³/mol. The van der Waals surface area contributed by atoms with Crippen LogP contribution in [0.15, 0.2) is 64.4 Å². The number of aromatic hydroxyl groups is 1. The van der Waals surface area contributed by atoms with Crippen LogP contribution in [0.4, 0.5) is 10.1 Å². The Kier molecular flexibility index (Phi) is 7.11. The average Bonchev–Trinajstić information content (AvgIpc) is 2.76. The maximum atomic E-state index is 13.2. The number of carbonyl (C=O) groups is 2. The van der Waals surface area contributed by atoms with E-state index in [0.717, 1.165) is 43.5 Å². The highest BCUT2D eigenvalue weighted by atomic mass is 35.5. The number of halogens is 3. The second-order valence-corrected chi connectivity index (χ2v) is 9.14. The van der Waals surface area contributed by atoms with E-state index in [0.29, 0.717) is 0 Å². The van der Waals surface area contributed by atoms with Crippen LogP contribution in [0.5, 0.6) is 17.2 Å². The molecule has 0 bridgehead atoms. The SMILES string of the molecule is COC(=O)C(=O)Nc1cc(Cl)c(Oc2ccc(O)c(S(=O)(=O)c3ccc(F)cc3)c2)c(Cl)c1. The number of benzene rings is 3. The third-order valence-electron chi connectivity index (χ3n) is 4.19. The van der Waals surface area contributed by atoms with Gasteiger partial charge in [0.25, 0.3) is 0 Å². The molecule has 0 saturated carbocycles. The van der Waals surface area contributed by atoms with Crippen LogP contribution in [0.2, 0.25) is 10.0 Å². The lowest BCUT2D eigenvalue weighted by Gasteiger charge is -2.14. The van der Waals surface area contributed by atoms with Gasteiger partial charge >= 0.3 is 11.9 Å². The molecule has 3 rings (SSSR count). The van der Waals surface area contributed by atoms with Gasteiger partial charge in [0.15, 0.2) is 5.75 Å². The Bertz CT molecular complexity index is 1320. The second kappa shape index (κ2) is 9.65. The summed E-state index contributed by atoms with van der Waals surface area (Å²) >= 11 is 12.3. The third-order valence-corrected chi connectivity index (χ3v) is 6.55. The van der Waals surface area contributed by atoms with Crippen LogP contribution in [0, 0.1) is 5.82 Å². The fourth-order valence-electron chi connectivity index (χ4n) is 2.64. The van der Waals surface area contributed by atoms with Crippen LogP contribution in [0.1, 0.15) is 0 Å². The van der Waals surface area contributed by atoms with Crippen molar-refractivity contribution in [3.8, 4) is 17.2 Å². The molecule has 0 spiro atoms. The number of nitrogens with one attached hydrogen (secondary N) is 1. The molecule has 172 valence electrons. The first-order valence-corrected chi connectivity index (χ1v) is 11.2. The summed E-state index contributed by atoms with van der Waals surface area (Å²) in [6.07, 6.45) is 0. The number of hydrogen-bond acceptors (Lipinski definition) is 7. The Hall–Kier alpha value is -3.34. The summed E-state index contributed by atoms with van der Waals surface area (Å²) in [7, 11) is -3.16. The Morgan fingerprint density at radius 3 is 2.18 bits per heavy atom. The van der Waals surface area contributed by atoms with E-state index in [1.165, 1.54) is 18.2 Å². The number of phenols is 1. The number of carbonyl (C=O) groups excluding carboxylic acids is 2. The van der Waals surface area contributed by atoms with E-state index < -0.39 is 38.2 Å². The van der Waals surface area contributed by atoms with E-state index in [4.69, 9.17) is 27.9 Å². The van der Waals surface area contributed by atoms with E-state index in [1.54, 1.807) is 0 Å². The molecule has 0 fully saturated rings. The normalized spacial score (nSPS) is 11.0. The Morgan fingerprint density at radius 2 is 1.61 bits per heavy atom. The number of ether oxygens (including phenoxy) is 2. The van der Waals surface area contributed by atoms with Gasteiger partial charge in [-0.25, -0.2) is 17.6 Å². The maximum absolute atomic E-state index is 13.2. The van der Waals surface area contributed by atoms with Crippen molar-refractivity contribution in [2.24, 2.45) is 0 Å². The Morgan fingerprint density at radius 1 is 1.00 bits per heavy atom. The van der Waals surface area contributed by atoms with Crippen molar-refractivity contribution in [3.63, 3.8) is 0 Å². The van der Waals surface area contributed by atoms with Crippen LogP contribution < -0.4 is 10.1 Å². The molecule has 0 radical (unpaired) electrons. The summed E-state index contributed by atoms with van der Waals surface area (Å²) in [5.41, 5.74) is 0.0815. The van der Waals surface area contributed by atoms with Gasteiger partial charge in [-0.05, 0) is 48.5 Å². The lowest BCUT2D eigenvalue weighted by atomic mass is 10.2. The first-order valence-electron chi connectivity index (χ1n) is 8.93. The topological polar surface area (TPSA) is 119 Å². The van der Waals surface area contributed by atoms with E-state index in [9.17, 15) is 27.5 Å². The zero-order valence-corrected chi connectivity index (χ0v) is 19.0. The number of anilines is 1. The number of amides is 1. The van der Waals surface area contributed by atoms with Gasteiger partial charge in [-0.3, -0.25) is 4.79 Å². The number of sulfone groups is 1. The molecule has 1 amide bonds. The zero-order valence-electron chi connectivity index (χ0n) is 16.6. The van der Waals surface area contributed by atoms with Gasteiger partial charge in [0, 0.05) is 11.8 Å². The highest BCUT2D eigenvalue weighted by molar-refractivity contribution is 7.91. The van der Waals surface area contributed by atoms with E-state index in [2.05, 4.69) is 10.1 Å². The van der Waals surface area contributed by atoms with Gasteiger partial charge in [-0.2, -0.15) is 0 Å². The molecule has 8 nitrogen and oxygen atoms in total. The molecule has 0 aromatic heterocycles. The molecule has 3 aromatic carbocycles. The van der Waals surface area contributed by atoms with Crippen molar-refractivity contribution < 1.29 is 37.0 Å². The molecule has 0 heterocycles. The monoisotopic (exact) mass is 513 g/mol. The van der Waals surface area contributed by atoms with Crippen LogP contribution in [0.3, 0.4) is 0 Å². The van der Waals surface area contributed by atoms with Gasteiger partial charge in [-0.1, -0.05) is 23.2 Å². The molecule has 0 unspecified atom stereocenters. The third kappa shape index (κ3) is 5.36. The zero-order chi connectivity index (χ0) is 24.3. The molecule has 3 aromatic rings. The minimum Gasteiger partial charge on any atom is -0.507 e. The molecule has 0 aliphatic rings. The van der Waals surface area contributed by atoms with Gasteiger partial charge < -0.3 is 19.9 Å². The van der Waals surface area contributed by atoms with E-state index >= 15 is 0 Å². The standard InChI is InChI=1S/C21H14Cl2FNO7S/c1-31-21(28)20(27)25-12-8-15(22)19(16(23)9-12)32-13-4-7-17(26)18(10-13)33(29,30)14-5-2-11(24)3-6-14/h2-10,26H,1H3,(H,25,27). The molecular formula is C21H14Cl2FNO7S. The van der Waals surface area contributed by atoms with Gasteiger partial charge in [0.2, 0.25) is 9.84 Å². The average molecular weight is 514 g/mol. The van der Waals surface area contributed by atoms with Crippen molar-refractivity contribution in [2.75, 3.05) is 12.4 Å². The first-order chi connectivity index (χ1) is 15.5. The number of rotatable bonds is 5. The van der Waals surface area contributed by atoms with Crippen molar-refractivity contribution in [1.82, 2.24) is 0 Å². The Labute approximate surface area is 197 Å². The van der Waals surface area contributed by atoms with Crippen LogP contribution >= 0.6 is 23.2 Å². The summed E-state index contributed by atoms with van der Waals surface area (Å²) in [6.45, 7) is 0. The largest absolute Gasteiger partial charge is 0.507 e. The van der Waals surface area contributed by atoms with Crippen molar-refractivity contribution in [3.05, 3.63) is 70.5 Å². The quantitative estimate of drug-likeness (QED) is 0.291. The summed E-state index contributed by atoms with van der Waals surface area (Å²) in [6, 6.07) is 10.00. The molecular weight excluding hydrogens is 500 g/mol. The minimum absolute atomic E-state index is 0.0383. The lowest BCUT2D eigenvalue weighted by Crippen LogP contribution is -2.23. The molecule has 12 heteroatoms. The highest BCUT2D eigenvalue weighted by Gasteiger charge is 2.23. The summed E-state index contributed by atoms with van der Waals surface area (Å²) in [4.78, 5) is 22.2. The Balaban J connectivity index is 1.92. The summed E-state index contributed by atoms with van der Waals surface area (Å²) < 4.78 is 48.8. The van der Waals surface area contributed by atoms with Gasteiger partial charge in [-0.15, -0.1) is 0 Å². The summed E-state index contributed by atoms with van der Waals surface area (Å²) in [5.74, 6) is -3.46. The van der Waals surface area contributed by atoms with Crippen LogP contribution in [0.25, 0.3) is 0 Å². The van der Waals surface area contributed by atoms with Crippen molar-refractivity contribution >= 4 is 50.6 Å². The molecule has 33 heavy (non-hydrogen) atoms. The number of phenolic OH excluding ortho intramolecular Hbond substituents is 1. The molecule has 0 aliphatic carbocycles. The number of hydrogen-bond donors (Lipinski definition) is 2. The second-order valence-electron chi connectivity index (χ2n) is 6.40. The van der Waals surface area contributed by atoms with Crippen molar-refractivity contribution in [2.45, 2.75) is 9.79 Å². The van der Waals surface area contributed by atoms with Crippen molar-refractivity contribution in [1.29, 1.82) is 0 Å². The minimum atomic E-state index is -4.21. The maximum Gasteiger partial charge on any atom is 0.396 e. The predicted octanol–water partition coefficient (Wildman–Crippen LogP) is 4.57. The van der Waals surface area contributed by atoms with Crippen LogP contribution in [-0.2, 0) is 24.2 Å². The van der Waals surface area contributed by atoms with E-state index in [-0.39, 0.29) is 32.1 Å². The molecule has 0 atom stereocenters. The fraction of sp³-hybridized carbons (Fsp3) is 0.0476. The summed E-state index contributed by atoms with van der Waals surface area (Å²) in [5, 5.41) is 12.2. The first kappa shape index (κ1) is 24.3. The van der Waals surface area contributed by atoms with E-state index in [1.807, 2.05) is 0 Å². The molecule has 0 saturated heterocycles. The van der Waals surface area contributed by atoms with Gasteiger partial charge in [0.05, 0.1) is 22.1 Å². The highest BCUT2D eigenvalue weighted by Crippen LogP contribution is 2.40. The molecule has 0 aliphatic heterocycles. The number of methoxy groups -OCH3 is 1. The fourth-order valence-corrected chi connectivity index (χ4v) is 4.56. The van der Waals surface area contributed by atoms with Gasteiger partial charge in [0.1, 0.15) is 22.2 Å². The smallest absolute Gasteiger partial charge is 0.396 e. The lowest BCUT2D eigenvalue weighted by molar-refractivity contribution is -0.150. The molecule has 2 N–H and O–H groups in total. The number of esters is 1.